The van der Waals surface area contributed by atoms with Gasteiger partial charge in [-0.05, 0) is 74.9 Å². The number of carbonyl (C=O) groups excluding carboxylic acids is 2. The van der Waals surface area contributed by atoms with E-state index >= 15 is 0 Å². The molecule has 7 rings (SSSR count). The number of ether oxygens (including phenoxy) is 2. The zero-order valence-electron chi connectivity index (χ0n) is 16.0. The number of carbonyl (C=O) groups is 2. The molecule has 0 aromatic carbocycles. The number of ketones is 1. The maximum absolute atomic E-state index is 12.1. The fourth-order valence-corrected chi connectivity index (χ4v) is 8.75. The highest BCUT2D eigenvalue weighted by Gasteiger charge is 2.85. The highest BCUT2D eigenvalue weighted by atomic mass is 16.6. The van der Waals surface area contributed by atoms with E-state index in [2.05, 4.69) is 19.9 Å². The Morgan fingerprint density at radius 3 is 2.81 bits per heavy atom. The largest absolute Gasteiger partial charge is 0.458 e. The van der Waals surface area contributed by atoms with Gasteiger partial charge >= 0.3 is 5.97 Å². The van der Waals surface area contributed by atoms with E-state index in [4.69, 9.17) is 9.47 Å². The summed E-state index contributed by atoms with van der Waals surface area (Å²) >= 11 is 0. The zero-order valence-corrected chi connectivity index (χ0v) is 16.0. The summed E-state index contributed by atoms with van der Waals surface area (Å²) in [7, 11) is 0. The van der Waals surface area contributed by atoms with Crippen LogP contribution >= 0.6 is 0 Å². The molecule has 9 atom stereocenters. The van der Waals surface area contributed by atoms with Crippen LogP contribution in [-0.4, -0.2) is 29.1 Å². The predicted octanol–water partition coefficient (Wildman–Crippen LogP) is 3.36. The Balaban J connectivity index is 1.37. The molecule has 4 nitrogen and oxygen atoms in total. The van der Waals surface area contributed by atoms with Crippen molar-refractivity contribution in [1.82, 2.24) is 0 Å². The molecule has 0 aromatic heterocycles. The van der Waals surface area contributed by atoms with Crippen molar-refractivity contribution in [3.63, 3.8) is 0 Å². The van der Waals surface area contributed by atoms with E-state index in [1.807, 2.05) is 6.08 Å². The molecule has 0 bridgehead atoms. The quantitative estimate of drug-likeness (QED) is 0.487. The van der Waals surface area contributed by atoms with Crippen molar-refractivity contribution in [2.75, 3.05) is 0 Å². The first kappa shape index (κ1) is 15.5. The van der Waals surface area contributed by atoms with Gasteiger partial charge in [-0.2, -0.15) is 0 Å². The maximum Gasteiger partial charge on any atom is 0.306 e. The lowest BCUT2D eigenvalue weighted by Gasteiger charge is -2.55. The SMILES string of the molecule is CC12C[C@H]3O[C@@]34[C@@H](C3CC3C3=CC(=O)C=C[C@@]34C)C1CC[C@@]21CCC(=O)O1. The van der Waals surface area contributed by atoms with Gasteiger partial charge in [0.25, 0.3) is 0 Å². The van der Waals surface area contributed by atoms with Gasteiger partial charge in [-0.25, -0.2) is 0 Å². The summed E-state index contributed by atoms with van der Waals surface area (Å²) in [5.74, 6) is 2.41. The topological polar surface area (TPSA) is 55.9 Å². The molecule has 7 aliphatic rings. The van der Waals surface area contributed by atoms with Gasteiger partial charge in [0.05, 0.1) is 6.10 Å². The summed E-state index contributed by atoms with van der Waals surface area (Å²) in [5, 5.41) is 0. The summed E-state index contributed by atoms with van der Waals surface area (Å²) in [5.41, 5.74) is 0.839. The molecular weight excluding hydrogens is 340 g/mol. The molecule has 4 heteroatoms. The number of hydrogen-bond acceptors (Lipinski definition) is 4. The molecule has 0 amide bonds. The van der Waals surface area contributed by atoms with Crippen molar-refractivity contribution in [2.45, 2.75) is 69.7 Å². The lowest BCUT2D eigenvalue weighted by Crippen LogP contribution is -2.60. The molecule has 4 unspecified atom stereocenters. The maximum atomic E-state index is 12.1. The van der Waals surface area contributed by atoms with Gasteiger partial charge in [-0.15, -0.1) is 0 Å². The number of hydrogen-bond donors (Lipinski definition) is 0. The number of epoxide rings is 1. The smallest absolute Gasteiger partial charge is 0.306 e. The highest BCUT2D eigenvalue weighted by molar-refractivity contribution is 6.01. The van der Waals surface area contributed by atoms with E-state index in [0.717, 1.165) is 25.7 Å². The van der Waals surface area contributed by atoms with Gasteiger partial charge < -0.3 is 9.47 Å². The van der Waals surface area contributed by atoms with Crippen LogP contribution in [0.15, 0.2) is 23.8 Å². The van der Waals surface area contributed by atoms with Crippen LogP contribution in [0.4, 0.5) is 0 Å². The number of esters is 1. The normalized spacial score (nSPS) is 61.4. The van der Waals surface area contributed by atoms with Crippen molar-refractivity contribution in [2.24, 2.45) is 34.5 Å². The molecule has 0 N–H and O–H groups in total. The van der Waals surface area contributed by atoms with Crippen molar-refractivity contribution in [3.05, 3.63) is 23.8 Å². The van der Waals surface area contributed by atoms with E-state index < -0.39 is 0 Å². The summed E-state index contributed by atoms with van der Waals surface area (Å²) in [6.45, 7) is 4.70. The number of rotatable bonds is 0. The third kappa shape index (κ3) is 1.43. The van der Waals surface area contributed by atoms with E-state index in [1.165, 1.54) is 12.0 Å². The van der Waals surface area contributed by atoms with E-state index in [-0.39, 0.29) is 39.9 Å². The molecule has 5 aliphatic carbocycles. The second-order valence-corrected chi connectivity index (χ2v) is 10.7. The van der Waals surface area contributed by atoms with Gasteiger partial charge in [0.2, 0.25) is 0 Å². The second kappa shape index (κ2) is 4.12. The standard InChI is InChI=1S/C23H26O4/c1-20-6-3-12(24)9-16(20)13-10-14(13)19-15-4-7-22(8-5-18(25)27-22)21(15,2)11-17-23(19,20)26-17/h3,6,9,13-15,17,19H,4-5,7-8,10-11H2,1-2H3/t13?,14?,15?,17-,19+,20+,21?,22-,23-/m1/s1. The lowest BCUT2D eigenvalue weighted by atomic mass is 9.47. The molecule has 0 aromatic rings. The molecule has 2 spiro atoms. The average Bonchev–Trinajstić information content (AvgIpc) is 3.49. The van der Waals surface area contributed by atoms with Crippen LogP contribution < -0.4 is 0 Å². The first-order valence-corrected chi connectivity index (χ1v) is 10.7. The average molecular weight is 366 g/mol. The molecule has 6 fully saturated rings. The van der Waals surface area contributed by atoms with Gasteiger partial charge in [-0.1, -0.05) is 18.6 Å². The summed E-state index contributed by atoms with van der Waals surface area (Å²) < 4.78 is 12.7. The molecule has 0 radical (unpaired) electrons. The first-order chi connectivity index (χ1) is 12.8. The minimum Gasteiger partial charge on any atom is -0.458 e. The van der Waals surface area contributed by atoms with Crippen molar-refractivity contribution in [3.8, 4) is 0 Å². The van der Waals surface area contributed by atoms with E-state index in [9.17, 15) is 9.59 Å². The number of fused-ring (bicyclic) bond motifs is 7. The monoisotopic (exact) mass is 366 g/mol. The predicted molar refractivity (Wildman–Crippen MR) is 96.5 cm³/mol. The zero-order chi connectivity index (χ0) is 18.4. The van der Waals surface area contributed by atoms with Crippen LogP contribution in [0.5, 0.6) is 0 Å². The minimum absolute atomic E-state index is 0.00993. The van der Waals surface area contributed by atoms with E-state index in [1.54, 1.807) is 6.08 Å². The van der Waals surface area contributed by atoms with Gasteiger partial charge in [-0.3, -0.25) is 9.59 Å². The van der Waals surface area contributed by atoms with Crippen molar-refractivity contribution >= 4 is 11.8 Å². The molecule has 142 valence electrons. The third-order valence-electron chi connectivity index (χ3n) is 10.0. The van der Waals surface area contributed by atoms with Gasteiger partial charge in [0.1, 0.15) is 11.2 Å². The van der Waals surface area contributed by atoms with Crippen LogP contribution in [0.3, 0.4) is 0 Å². The van der Waals surface area contributed by atoms with Crippen LogP contribution in [0.2, 0.25) is 0 Å². The minimum atomic E-state index is -0.257. The molecule has 2 aliphatic heterocycles. The Bertz CT molecular complexity index is 887. The third-order valence-corrected chi connectivity index (χ3v) is 10.0. The van der Waals surface area contributed by atoms with Gasteiger partial charge in [0, 0.05) is 17.3 Å². The molecule has 2 saturated heterocycles. The van der Waals surface area contributed by atoms with Crippen molar-refractivity contribution < 1.29 is 19.1 Å². The Labute approximate surface area is 159 Å². The first-order valence-electron chi connectivity index (χ1n) is 10.7. The van der Waals surface area contributed by atoms with Crippen LogP contribution in [0.25, 0.3) is 0 Å². The van der Waals surface area contributed by atoms with Crippen LogP contribution in [0.1, 0.15) is 52.4 Å². The molecule has 27 heavy (non-hydrogen) atoms. The van der Waals surface area contributed by atoms with Crippen molar-refractivity contribution in [1.29, 1.82) is 0 Å². The van der Waals surface area contributed by atoms with Gasteiger partial charge in [0.15, 0.2) is 5.78 Å². The molecule has 4 saturated carbocycles. The Hall–Kier alpha value is -1.42. The summed E-state index contributed by atoms with van der Waals surface area (Å²) in [6, 6.07) is 0. The lowest BCUT2D eigenvalue weighted by molar-refractivity contribution is -0.164. The molecular formula is C23H26O4. The Morgan fingerprint density at radius 2 is 2.04 bits per heavy atom. The summed E-state index contributed by atoms with van der Waals surface area (Å²) in [4.78, 5) is 24.1. The Kier molecular flexibility index (Phi) is 2.37. The second-order valence-electron chi connectivity index (χ2n) is 10.7. The Morgan fingerprint density at radius 1 is 1.19 bits per heavy atom. The summed E-state index contributed by atoms with van der Waals surface area (Å²) in [6.07, 6.45) is 11.9. The van der Waals surface area contributed by atoms with E-state index in [0.29, 0.717) is 30.1 Å². The van der Waals surface area contributed by atoms with Crippen LogP contribution in [-0.2, 0) is 19.1 Å². The fraction of sp³-hybridized carbons (Fsp3) is 0.739. The fourth-order valence-electron chi connectivity index (χ4n) is 8.75. The highest BCUT2D eigenvalue weighted by Crippen LogP contribution is 2.82. The number of allylic oxidation sites excluding steroid dienone is 2. The molecule has 2 heterocycles. The van der Waals surface area contributed by atoms with Crippen LogP contribution in [0, 0.1) is 34.5 Å².